The monoisotopic (exact) mass is 164 g/mol. The number of hydrogen-bond donors (Lipinski definition) is 2. The molecule has 2 nitrogen and oxygen atoms in total. The van der Waals surface area contributed by atoms with Crippen LogP contribution in [0.25, 0.3) is 0 Å². The Bertz CT molecular complexity index is 238. The molecule has 0 radical (unpaired) electrons. The minimum absolute atomic E-state index is 0.167. The molecule has 12 heavy (non-hydrogen) atoms. The van der Waals surface area contributed by atoms with Crippen molar-refractivity contribution in [2.24, 2.45) is 5.92 Å². The van der Waals surface area contributed by atoms with Gasteiger partial charge in [0.1, 0.15) is 0 Å². The maximum Gasteiger partial charge on any atom is 0.0693 e. The molecule has 0 saturated carbocycles. The third-order valence-corrected chi connectivity index (χ3v) is 2.42. The third kappa shape index (κ3) is 1.76. The molecule has 0 bridgehead atoms. The van der Waals surface area contributed by atoms with E-state index < -0.39 is 0 Å². The van der Waals surface area contributed by atoms with Crippen LogP contribution in [-0.4, -0.2) is 11.8 Å². The Kier molecular flexibility index (Phi) is 2.69. The molecular weight excluding hydrogens is 148 g/mol. The van der Waals surface area contributed by atoms with Gasteiger partial charge in [0.05, 0.1) is 6.04 Å². The van der Waals surface area contributed by atoms with E-state index in [9.17, 15) is 0 Å². The Morgan fingerprint density at radius 2 is 2.25 bits per heavy atom. The molecule has 2 atom stereocenters. The van der Waals surface area contributed by atoms with Gasteiger partial charge in [0.2, 0.25) is 0 Å². The SMILES string of the molecule is CC(=N)C1NC=CC=C(C)C1C. The second-order valence-corrected chi connectivity index (χ2v) is 3.39. The minimum Gasteiger partial charge on any atom is -0.382 e. The molecular formula is C10H16N2. The molecule has 1 heterocycles. The number of allylic oxidation sites excluding steroid dienone is 2. The van der Waals surface area contributed by atoms with E-state index in [1.807, 2.05) is 19.2 Å². The molecule has 1 aliphatic rings. The van der Waals surface area contributed by atoms with Gasteiger partial charge in [-0.15, -0.1) is 0 Å². The van der Waals surface area contributed by atoms with Crippen LogP contribution in [0.15, 0.2) is 23.9 Å². The topological polar surface area (TPSA) is 35.9 Å². The zero-order chi connectivity index (χ0) is 9.14. The van der Waals surface area contributed by atoms with Gasteiger partial charge in [-0.05, 0) is 26.1 Å². The van der Waals surface area contributed by atoms with Crippen molar-refractivity contribution in [1.82, 2.24) is 5.32 Å². The Labute approximate surface area is 73.9 Å². The Morgan fingerprint density at radius 3 is 2.83 bits per heavy atom. The van der Waals surface area contributed by atoms with E-state index in [-0.39, 0.29) is 6.04 Å². The molecule has 2 heteroatoms. The van der Waals surface area contributed by atoms with Gasteiger partial charge < -0.3 is 10.7 Å². The van der Waals surface area contributed by atoms with E-state index in [0.717, 1.165) is 0 Å². The fourth-order valence-corrected chi connectivity index (χ4v) is 1.42. The van der Waals surface area contributed by atoms with Gasteiger partial charge in [0.25, 0.3) is 0 Å². The largest absolute Gasteiger partial charge is 0.382 e. The van der Waals surface area contributed by atoms with E-state index in [4.69, 9.17) is 5.41 Å². The lowest BCUT2D eigenvalue weighted by Gasteiger charge is -2.22. The van der Waals surface area contributed by atoms with Gasteiger partial charge >= 0.3 is 0 Å². The summed E-state index contributed by atoms with van der Waals surface area (Å²) in [6, 6.07) is 0.167. The standard InChI is InChI=1S/C10H16N2/c1-7-5-4-6-12-10(8(7)2)9(3)11/h4-6,8,10-12H,1-3H3. The van der Waals surface area contributed by atoms with Crippen LogP contribution in [0.1, 0.15) is 20.8 Å². The van der Waals surface area contributed by atoms with Crippen LogP contribution in [0.4, 0.5) is 0 Å². The summed E-state index contributed by atoms with van der Waals surface area (Å²) in [6.07, 6.45) is 6.01. The average Bonchev–Trinajstić information content (AvgIpc) is 2.15. The van der Waals surface area contributed by atoms with Gasteiger partial charge in [-0.3, -0.25) is 0 Å². The lowest BCUT2D eigenvalue weighted by Crippen LogP contribution is -2.37. The molecule has 0 amide bonds. The molecule has 0 aromatic carbocycles. The fraction of sp³-hybridized carbons (Fsp3) is 0.500. The zero-order valence-electron chi connectivity index (χ0n) is 7.89. The van der Waals surface area contributed by atoms with Crippen molar-refractivity contribution in [3.63, 3.8) is 0 Å². The van der Waals surface area contributed by atoms with E-state index in [2.05, 4.69) is 25.2 Å². The van der Waals surface area contributed by atoms with Crippen LogP contribution in [0.2, 0.25) is 0 Å². The normalized spacial score (nSPS) is 28.8. The third-order valence-electron chi connectivity index (χ3n) is 2.42. The van der Waals surface area contributed by atoms with Crippen LogP contribution in [0.5, 0.6) is 0 Å². The maximum absolute atomic E-state index is 7.58. The predicted octanol–water partition coefficient (Wildman–Crippen LogP) is 2.09. The highest BCUT2D eigenvalue weighted by molar-refractivity contribution is 5.85. The second-order valence-electron chi connectivity index (χ2n) is 3.39. The molecule has 1 rings (SSSR count). The van der Waals surface area contributed by atoms with Crippen molar-refractivity contribution in [1.29, 1.82) is 5.41 Å². The summed E-state index contributed by atoms with van der Waals surface area (Å²) in [5, 5.41) is 10.8. The van der Waals surface area contributed by atoms with E-state index >= 15 is 0 Å². The number of hydrogen-bond acceptors (Lipinski definition) is 2. The second kappa shape index (κ2) is 3.57. The van der Waals surface area contributed by atoms with Crippen molar-refractivity contribution < 1.29 is 0 Å². The predicted molar refractivity (Wildman–Crippen MR) is 52.4 cm³/mol. The lowest BCUT2D eigenvalue weighted by molar-refractivity contribution is 0.564. The van der Waals surface area contributed by atoms with Crippen molar-refractivity contribution in [2.75, 3.05) is 0 Å². The maximum atomic E-state index is 7.58. The lowest BCUT2D eigenvalue weighted by atomic mass is 9.92. The first-order chi connectivity index (χ1) is 5.63. The Hall–Kier alpha value is -1.05. The smallest absolute Gasteiger partial charge is 0.0693 e. The summed E-state index contributed by atoms with van der Waals surface area (Å²) >= 11 is 0. The Morgan fingerprint density at radius 1 is 1.58 bits per heavy atom. The summed E-state index contributed by atoms with van der Waals surface area (Å²) < 4.78 is 0. The molecule has 0 aromatic heterocycles. The van der Waals surface area contributed by atoms with Crippen LogP contribution < -0.4 is 5.32 Å². The first-order valence-electron chi connectivity index (χ1n) is 4.27. The summed E-state index contributed by atoms with van der Waals surface area (Å²) in [7, 11) is 0. The van der Waals surface area contributed by atoms with Crippen LogP contribution >= 0.6 is 0 Å². The first-order valence-corrected chi connectivity index (χ1v) is 4.27. The fourth-order valence-electron chi connectivity index (χ4n) is 1.42. The highest BCUT2D eigenvalue weighted by atomic mass is 14.9. The summed E-state index contributed by atoms with van der Waals surface area (Å²) in [5.41, 5.74) is 2.02. The van der Waals surface area contributed by atoms with E-state index in [0.29, 0.717) is 11.6 Å². The van der Waals surface area contributed by atoms with Gasteiger partial charge in [0.15, 0.2) is 0 Å². The molecule has 2 N–H and O–H groups in total. The molecule has 66 valence electrons. The number of nitrogens with one attached hydrogen (secondary N) is 2. The highest BCUT2D eigenvalue weighted by Crippen LogP contribution is 2.17. The van der Waals surface area contributed by atoms with Crippen molar-refractivity contribution in [2.45, 2.75) is 26.8 Å². The first kappa shape index (κ1) is 9.04. The molecule has 2 unspecified atom stereocenters. The van der Waals surface area contributed by atoms with Crippen molar-refractivity contribution in [3.8, 4) is 0 Å². The molecule has 0 fully saturated rings. The molecule has 1 aliphatic heterocycles. The van der Waals surface area contributed by atoms with Crippen LogP contribution in [0.3, 0.4) is 0 Å². The molecule has 0 aliphatic carbocycles. The highest BCUT2D eigenvalue weighted by Gasteiger charge is 2.19. The average molecular weight is 164 g/mol. The molecule has 0 saturated heterocycles. The van der Waals surface area contributed by atoms with Gasteiger partial charge in [-0.1, -0.05) is 18.6 Å². The van der Waals surface area contributed by atoms with E-state index in [1.54, 1.807) is 0 Å². The van der Waals surface area contributed by atoms with E-state index in [1.165, 1.54) is 5.57 Å². The summed E-state index contributed by atoms with van der Waals surface area (Å²) in [5.74, 6) is 0.414. The van der Waals surface area contributed by atoms with Crippen LogP contribution in [-0.2, 0) is 0 Å². The zero-order valence-corrected chi connectivity index (χ0v) is 7.89. The summed E-state index contributed by atoms with van der Waals surface area (Å²) in [6.45, 7) is 6.10. The summed E-state index contributed by atoms with van der Waals surface area (Å²) in [4.78, 5) is 0. The Balaban J connectivity index is 2.83. The minimum atomic E-state index is 0.167. The van der Waals surface area contributed by atoms with Gasteiger partial charge in [-0.25, -0.2) is 0 Å². The van der Waals surface area contributed by atoms with Crippen molar-refractivity contribution >= 4 is 5.71 Å². The van der Waals surface area contributed by atoms with Gasteiger partial charge in [0, 0.05) is 11.6 Å². The number of rotatable bonds is 1. The van der Waals surface area contributed by atoms with Crippen LogP contribution in [0, 0.1) is 11.3 Å². The van der Waals surface area contributed by atoms with Gasteiger partial charge in [-0.2, -0.15) is 0 Å². The van der Waals surface area contributed by atoms with Crippen molar-refractivity contribution in [3.05, 3.63) is 23.9 Å². The molecule has 0 spiro atoms. The molecule has 0 aromatic rings. The quantitative estimate of drug-likeness (QED) is 0.572.